The molecule has 0 fully saturated rings. The van der Waals surface area contributed by atoms with E-state index in [9.17, 15) is 9.59 Å². The van der Waals surface area contributed by atoms with Crippen LogP contribution in [0.4, 0.5) is 0 Å². The number of carbonyl (C=O) groups excluding carboxylic acids is 1. The van der Waals surface area contributed by atoms with Crippen molar-refractivity contribution in [2.75, 3.05) is 0 Å². The lowest BCUT2D eigenvalue weighted by molar-refractivity contribution is -0.135. The fourth-order valence-electron chi connectivity index (χ4n) is 1.99. The van der Waals surface area contributed by atoms with E-state index in [1.807, 2.05) is 27.7 Å². The monoisotopic (exact) mass is 236 g/mol. The lowest BCUT2D eigenvalue weighted by atomic mass is 10.2. The van der Waals surface area contributed by atoms with Crippen molar-refractivity contribution in [2.24, 2.45) is 0 Å². The van der Waals surface area contributed by atoms with E-state index in [0.717, 1.165) is 0 Å². The molecule has 1 heterocycles. The van der Waals surface area contributed by atoms with Gasteiger partial charge in [-0.2, -0.15) is 0 Å². The van der Waals surface area contributed by atoms with E-state index >= 15 is 0 Å². The molecule has 1 aromatic rings. The Morgan fingerprint density at radius 3 is 2.29 bits per heavy atom. The first-order valence-corrected chi connectivity index (χ1v) is 5.90. The maximum Gasteiger partial charge on any atom is 0.250 e. The van der Waals surface area contributed by atoms with E-state index in [4.69, 9.17) is 0 Å². The Bertz CT molecular complexity index is 427. The van der Waals surface area contributed by atoms with Gasteiger partial charge in [-0.15, -0.1) is 0 Å². The normalized spacial score (nSPS) is 10.9. The zero-order valence-electron chi connectivity index (χ0n) is 10.9. The average Bonchev–Trinajstić information content (AvgIpc) is 2.20. The predicted molar refractivity (Wildman–Crippen MR) is 67.8 cm³/mol. The van der Waals surface area contributed by atoms with Crippen LogP contribution in [0.15, 0.2) is 29.2 Å². The van der Waals surface area contributed by atoms with Crippen LogP contribution in [0.3, 0.4) is 0 Å². The standard InChI is InChI=1S/C13H20N2O2/c1-10(2)15(11(3)4)13(17)9-14-8-6-5-7-12(14)16/h5-8,10-11H,9H2,1-4H3. The maximum absolute atomic E-state index is 12.1. The Labute approximate surface area is 102 Å². The summed E-state index contributed by atoms with van der Waals surface area (Å²) in [6.07, 6.45) is 1.64. The minimum Gasteiger partial charge on any atom is -0.336 e. The summed E-state index contributed by atoms with van der Waals surface area (Å²) >= 11 is 0. The Morgan fingerprint density at radius 1 is 1.24 bits per heavy atom. The maximum atomic E-state index is 12.1. The van der Waals surface area contributed by atoms with Gasteiger partial charge in [-0.1, -0.05) is 6.07 Å². The number of pyridine rings is 1. The van der Waals surface area contributed by atoms with Crippen LogP contribution in [0.5, 0.6) is 0 Å². The molecule has 0 radical (unpaired) electrons. The van der Waals surface area contributed by atoms with Gasteiger partial charge in [-0.05, 0) is 33.8 Å². The molecule has 1 aromatic heterocycles. The van der Waals surface area contributed by atoms with Gasteiger partial charge in [0.2, 0.25) is 5.91 Å². The second kappa shape index (κ2) is 5.66. The van der Waals surface area contributed by atoms with Crippen LogP contribution in [-0.4, -0.2) is 27.5 Å². The van der Waals surface area contributed by atoms with Gasteiger partial charge in [0.05, 0.1) is 0 Å². The lowest BCUT2D eigenvalue weighted by Crippen LogP contribution is -2.44. The Hall–Kier alpha value is -1.58. The minimum atomic E-state index is -0.145. The van der Waals surface area contributed by atoms with E-state index in [2.05, 4.69) is 0 Å². The molecule has 0 aliphatic rings. The van der Waals surface area contributed by atoms with Crippen molar-refractivity contribution in [2.45, 2.75) is 46.3 Å². The van der Waals surface area contributed by atoms with Gasteiger partial charge in [0.25, 0.3) is 5.56 Å². The van der Waals surface area contributed by atoms with Crippen molar-refractivity contribution < 1.29 is 4.79 Å². The molecule has 0 aliphatic carbocycles. The topological polar surface area (TPSA) is 42.3 Å². The minimum absolute atomic E-state index is 0.0247. The molecule has 0 aromatic carbocycles. The largest absolute Gasteiger partial charge is 0.336 e. The highest BCUT2D eigenvalue weighted by molar-refractivity contribution is 5.76. The molecule has 1 amide bonds. The average molecular weight is 236 g/mol. The number of rotatable bonds is 4. The molecule has 17 heavy (non-hydrogen) atoms. The van der Waals surface area contributed by atoms with E-state index in [1.54, 1.807) is 23.2 Å². The van der Waals surface area contributed by atoms with Crippen molar-refractivity contribution in [3.05, 3.63) is 34.7 Å². The molecular weight excluding hydrogens is 216 g/mol. The lowest BCUT2D eigenvalue weighted by Gasteiger charge is -2.31. The van der Waals surface area contributed by atoms with Crippen molar-refractivity contribution in [1.82, 2.24) is 9.47 Å². The Balaban J connectivity index is 2.85. The SMILES string of the molecule is CC(C)N(C(=O)Cn1ccccc1=O)C(C)C. The zero-order valence-corrected chi connectivity index (χ0v) is 10.9. The smallest absolute Gasteiger partial charge is 0.250 e. The van der Waals surface area contributed by atoms with Gasteiger partial charge >= 0.3 is 0 Å². The third-order valence-electron chi connectivity index (χ3n) is 2.61. The molecule has 0 N–H and O–H groups in total. The molecular formula is C13H20N2O2. The third-order valence-corrected chi connectivity index (χ3v) is 2.61. The van der Waals surface area contributed by atoms with Crippen LogP contribution in [0, 0.1) is 0 Å². The first-order valence-electron chi connectivity index (χ1n) is 5.90. The molecule has 4 heteroatoms. The number of amides is 1. The molecule has 0 atom stereocenters. The quantitative estimate of drug-likeness (QED) is 0.795. The van der Waals surface area contributed by atoms with Gasteiger partial charge in [-0.3, -0.25) is 9.59 Å². The molecule has 0 saturated heterocycles. The summed E-state index contributed by atoms with van der Waals surface area (Å²) < 4.78 is 1.43. The van der Waals surface area contributed by atoms with Gasteiger partial charge in [0.1, 0.15) is 6.54 Å². The first kappa shape index (κ1) is 13.5. The van der Waals surface area contributed by atoms with E-state index in [0.29, 0.717) is 0 Å². The summed E-state index contributed by atoms with van der Waals surface area (Å²) in [7, 11) is 0. The summed E-state index contributed by atoms with van der Waals surface area (Å²) in [6.45, 7) is 8.02. The number of nitrogens with zero attached hydrogens (tertiary/aromatic N) is 2. The highest BCUT2D eigenvalue weighted by Crippen LogP contribution is 2.06. The summed E-state index contributed by atoms with van der Waals surface area (Å²) in [5, 5.41) is 0. The molecule has 0 bridgehead atoms. The van der Waals surface area contributed by atoms with Crippen molar-refractivity contribution in [3.63, 3.8) is 0 Å². The number of aromatic nitrogens is 1. The van der Waals surface area contributed by atoms with E-state index < -0.39 is 0 Å². The van der Waals surface area contributed by atoms with Crippen LogP contribution in [0.25, 0.3) is 0 Å². The summed E-state index contributed by atoms with van der Waals surface area (Å²) in [5.74, 6) is -0.0247. The third kappa shape index (κ3) is 3.44. The van der Waals surface area contributed by atoms with Crippen molar-refractivity contribution in [1.29, 1.82) is 0 Å². The van der Waals surface area contributed by atoms with Crippen LogP contribution in [0.2, 0.25) is 0 Å². The molecule has 0 spiro atoms. The molecule has 0 saturated carbocycles. The second-order valence-electron chi connectivity index (χ2n) is 4.66. The van der Waals surface area contributed by atoms with E-state index in [1.165, 1.54) is 10.6 Å². The van der Waals surface area contributed by atoms with Crippen LogP contribution < -0.4 is 5.56 Å². The van der Waals surface area contributed by atoms with Crippen LogP contribution >= 0.6 is 0 Å². The van der Waals surface area contributed by atoms with Crippen molar-refractivity contribution in [3.8, 4) is 0 Å². The fourth-order valence-corrected chi connectivity index (χ4v) is 1.99. The number of carbonyl (C=O) groups is 1. The van der Waals surface area contributed by atoms with Gasteiger partial charge in [0, 0.05) is 24.3 Å². The van der Waals surface area contributed by atoms with Crippen LogP contribution in [-0.2, 0) is 11.3 Å². The Kier molecular flexibility index (Phi) is 4.49. The molecule has 1 rings (SSSR count). The highest BCUT2D eigenvalue weighted by atomic mass is 16.2. The first-order chi connectivity index (χ1) is 7.93. The molecule has 4 nitrogen and oxygen atoms in total. The van der Waals surface area contributed by atoms with Gasteiger partial charge in [0.15, 0.2) is 0 Å². The fraction of sp³-hybridized carbons (Fsp3) is 0.538. The summed E-state index contributed by atoms with van der Waals surface area (Å²) in [5.41, 5.74) is -0.145. The Morgan fingerprint density at radius 2 is 1.82 bits per heavy atom. The number of hydrogen-bond donors (Lipinski definition) is 0. The summed E-state index contributed by atoms with van der Waals surface area (Å²) in [6, 6.07) is 5.17. The zero-order chi connectivity index (χ0) is 13.0. The van der Waals surface area contributed by atoms with Crippen LogP contribution in [0.1, 0.15) is 27.7 Å². The van der Waals surface area contributed by atoms with E-state index in [-0.39, 0.29) is 30.1 Å². The molecule has 94 valence electrons. The second-order valence-corrected chi connectivity index (χ2v) is 4.66. The molecule has 0 unspecified atom stereocenters. The van der Waals surface area contributed by atoms with Gasteiger partial charge in [-0.25, -0.2) is 0 Å². The molecule has 0 aliphatic heterocycles. The number of hydrogen-bond acceptors (Lipinski definition) is 2. The van der Waals surface area contributed by atoms with Gasteiger partial charge < -0.3 is 9.47 Å². The summed E-state index contributed by atoms with van der Waals surface area (Å²) in [4.78, 5) is 25.4. The highest BCUT2D eigenvalue weighted by Gasteiger charge is 2.20. The predicted octanol–water partition coefficient (Wildman–Crippen LogP) is 1.49. The van der Waals surface area contributed by atoms with Crippen molar-refractivity contribution >= 4 is 5.91 Å².